The zero-order valence-electron chi connectivity index (χ0n) is 23.3. The van der Waals surface area contributed by atoms with Gasteiger partial charge in [-0.1, -0.05) is 46.8 Å². The Hall–Kier alpha value is -3.92. The van der Waals surface area contributed by atoms with Gasteiger partial charge in [0.05, 0.1) is 17.3 Å². The summed E-state index contributed by atoms with van der Waals surface area (Å²) in [4.78, 5) is 9.38. The summed E-state index contributed by atoms with van der Waals surface area (Å²) in [6, 6.07) is 15.3. The lowest BCUT2D eigenvalue weighted by Gasteiger charge is -2.22. The Morgan fingerprint density at radius 1 is 0.921 bits per heavy atom. The topological polar surface area (TPSA) is 52.1 Å². The maximum Gasteiger partial charge on any atom is 0.227 e. The van der Waals surface area contributed by atoms with Crippen LogP contribution in [0.2, 0.25) is 0 Å². The molecule has 4 heteroatoms. The molecule has 2 aromatic carbocycles. The van der Waals surface area contributed by atoms with Gasteiger partial charge in [-0.25, -0.2) is 4.98 Å². The molecule has 0 N–H and O–H groups in total. The Kier molecular flexibility index (Phi) is 5.68. The minimum absolute atomic E-state index is 0.0281. The van der Waals surface area contributed by atoms with Gasteiger partial charge in [0.25, 0.3) is 0 Å². The van der Waals surface area contributed by atoms with Crippen LogP contribution in [0.1, 0.15) is 57.1 Å². The summed E-state index contributed by atoms with van der Waals surface area (Å²) in [5, 5.41) is 4.57. The Bertz CT molecular complexity index is 1830. The van der Waals surface area contributed by atoms with E-state index >= 15 is 0 Å². The standard InChI is InChI=1S/C34H34N2O2/c1-19(2)12-27-21(4)38-31-15-22(8-9-26(27)31)28-16-30(36-33-32(28)20(3)18-37-33)23-13-24-17-35-11-10-25(24)29(14-23)34(5,6)7/h8-11,13-19H,12H2,1-7H3. The second-order valence-corrected chi connectivity index (χ2v) is 12.0. The van der Waals surface area contributed by atoms with Gasteiger partial charge in [0.2, 0.25) is 5.71 Å². The highest BCUT2D eigenvalue weighted by Gasteiger charge is 2.21. The maximum absolute atomic E-state index is 6.26. The molecular weight excluding hydrogens is 468 g/mol. The highest BCUT2D eigenvalue weighted by atomic mass is 16.3. The van der Waals surface area contributed by atoms with Gasteiger partial charge in [-0.15, -0.1) is 0 Å². The van der Waals surface area contributed by atoms with Gasteiger partial charge in [-0.2, -0.15) is 0 Å². The third kappa shape index (κ3) is 4.09. The van der Waals surface area contributed by atoms with E-state index in [-0.39, 0.29) is 5.41 Å². The molecule has 192 valence electrons. The van der Waals surface area contributed by atoms with E-state index in [4.69, 9.17) is 13.8 Å². The Balaban J connectivity index is 1.58. The second-order valence-electron chi connectivity index (χ2n) is 12.0. The van der Waals surface area contributed by atoms with Crippen LogP contribution in [0.15, 0.2) is 70.0 Å². The van der Waals surface area contributed by atoms with Crippen molar-refractivity contribution in [2.75, 3.05) is 0 Å². The number of benzene rings is 2. The smallest absolute Gasteiger partial charge is 0.227 e. The number of aryl methyl sites for hydroxylation is 2. The van der Waals surface area contributed by atoms with E-state index in [0.29, 0.717) is 11.6 Å². The molecule has 0 aliphatic heterocycles. The first-order chi connectivity index (χ1) is 18.1. The van der Waals surface area contributed by atoms with Crippen molar-refractivity contribution >= 4 is 32.8 Å². The van der Waals surface area contributed by atoms with Crippen LogP contribution >= 0.6 is 0 Å². The van der Waals surface area contributed by atoms with Crippen LogP contribution in [0, 0.1) is 19.8 Å². The fourth-order valence-corrected chi connectivity index (χ4v) is 5.65. The zero-order chi connectivity index (χ0) is 26.8. The number of aromatic nitrogens is 2. The van der Waals surface area contributed by atoms with Crippen molar-refractivity contribution in [1.82, 2.24) is 9.97 Å². The van der Waals surface area contributed by atoms with Crippen molar-refractivity contribution in [2.24, 2.45) is 5.92 Å². The van der Waals surface area contributed by atoms with Crippen molar-refractivity contribution in [3.8, 4) is 22.4 Å². The first-order valence-corrected chi connectivity index (χ1v) is 13.4. The van der Waals surface area contributed by atoms with Crippen LogP contribution < -0.4 is 0 Å². The zero-order valence-corrected chi connectivity index (χ0v) is 23.3. The Morgan fingerprint density at radius 2 is 1.74 bits per heavy atom. The lowest BCUT2D eigenvalue weighted by atomic mass is 9.82. The minimum atomic E-state index is -0.0281. The van der Waals surface area contributed by atoms with Gasteiger partial charge >= 0.3 is 0 Å². The SMILES string of the molecule is Cc1oc2cc(-c3cc(-c4cc(C(C)(C)C)c5ccncc5c4)nc4occ(C)c34)ccc2c1CC(C)C. The molecule has 0 aliphatic rings. The number of fused-ring (bicyclic) bond motifs is 3. The van der Waals surface area contributed by atoms with E-state index in [0.717, 1.165) is 56.5 Å². The quantitative estimate of drug-likeness (QED) is 0.241. The molecule has 0 unspecified atom stereocenters. The summed E-state index contributed by atoms with van der Waals surface area (Å²) < 4.78 is 12.2. The fraction of sp³-hybridized carbons (Fsp3) is 0.294. The monoisotopic (exact) mass is 502 g/mol. The van der Waals surface area contributed by atoms with E-state index in [1.165, 1.54) is 21.9 Å². The third-order valence-electron chi connectivity index (χ3n) is 7.50. The van der Waals surface area contributed by atoms with Crippen molar-refractivity contribution < 1.29 is 8.83 Å². The molecule has 6 aromatic rings. The first kappa shape index (κ1) is 24.4. The minimum Gasteiger partial charge on any atom is -0.461 e. The van der Waals surface area contributed by atoms with Gasteiger partial charge in [-0.3, -0.25) is 4.98 Å². The van der Waals surface area contributed by atoms with Gasteiger partial charge in [0, 0.05) is 34.3 Å². The summed E-state index contributed by atoms with van der Waals surface area (Å²) >= 11 is 0. The lowest BCUT2D eigenvalue weighted by molar-refractivity contribution is 0.560. The van der Waals surface area contributed by atoms with Crippen LogP contribution in [0.4, 0.5) is 0 Å². The van der Waals surface area contributed by atoms with Crippen molar-refractivity contribution in [3.05, 3.63) is 83.6 Å². The van der Waals surface area contributed by atoms with E-state index in [1.807, 2.05) is 12.4 Å². The maximum atomic E-state index is 6.26. The predicted octanol–water partition coefficient (Wildman–Crippen LogP) is 9.57. The average Bonchev–Trinajstić information content (AvgIpc) is 3.40. The number of hydrogen-bond acceptors (Lipinski definition) is 4. The third-order valence-corrected chi connectivity index (χ3v) is 7.50. The molecule has 0 saturated heterocycles. The van der Waals surface area contributed by atoms with Crippen LogP contribution in [0.25, 0.3) is 55.2 Å². The van der Waals surface area contributed by atoms with Crippen molar-refractivity contribution in [2.45, 2.75) is 60.3 Å². The second kappa shape index (κ2) is 8.83. The molecule has 38 heavy (non-hydrogen) atoms. The lowest BCUT2D eigenvalue weighted by Crippen LogP contribution is -2.12. The largest absolute Gasteiger partial charge is 0.461 e. The molecule has 4 heterocycles. The fourth-order valence-electron chi connectivity index (χ4n) is 5.65. The molecular formula is C34H34N2O2. The molecule has 0 saturated carbocycles. The van der Waals surface area contributed by atoms with Gasteiger partial charge in [-0.05, 0) is 89.6 Å². The number of pyridine rings is 2. The molecule has 0 radical (unpaired) electrons. The summed E-state index contributed by atoms with van der Waals surface area (Å²) in [5.74, 6) is 1.57. The van der Waals surface area contributed by atoms with Crippen LogP contribution in [-0.4, -0.2) is 9.97 Å². The molecule has 0 spiro atoms. The number of furan rings is 2. The molecule has 0 fully saturated rings. The van der Waals surface area contributed by atoms with Gasteiger partial charge < -0.3 is 8.83 Å². The molecule has 0 bridgehead atoms. The Morgan fingerprint density at radius 3 is 2.50 bits per heavy atom. The molecule has 4 aromatic heterocycles. The predicted molar refractivity (Wildman–Crippen MR) is 157 cm³/mol. The molecule has 0 atom stereocenters. The Labute approximate surface area is 223 Å². The molecule has 0 amide bonds. The molecule has 0 aliphatic carbocycles. The summed E-state index contributed by atoms with van der Waals surface area (Å²) in [5.41, 5.74) is 9.34. The van der Waals surface area contributed by atoms with Crippen LogP contribution in [-0.2, 0) is 11.8 Å². The number of hydrogen-bond donors (Lipinski definition) is 0. The van der Waals surface area contributed by atoms with Crippen molar-refractivity contribution in [3.63, 3.8) is 0 Å². The summed E-state index contributed by atoms with van der Waals surface area (Å²) in [6.45, 7) is 15.4. The number of rotatable bonds is 4. The highest BCUT2D eigenvalue weighted by Crippen LogP contribution is 2.39. The van der Waals surface area contributed by atoms with E-state index < -0.39 is 0 Å². The van der Waals surface area contributed by atoms with E-state index in [9.17, 15) is 0 Å². The average molecular weight is 503 g/mol. The summed E-state index contributed by atoms with van der Waals surface area (Å²) in [6.07, 6.45) is 6.61. The van der Waals surface area contributed by atoms with Gasteiger partial charge in [0.1, 0.15) is 11.3 Å². The summed E-state index contributed by atoms with van der Waals surface area (Å²) in [7, 11) is 0. The van der Waals surface area contributed by atoms with Crippen LogP contribution in [0.3, 0.4) is 0 Å². The van der Waals surface area contributed by atoms with Crippen molar-refractivity contribution in [1.29, 1.82) is 0 Å². The molecule has 4 nitrogen and oxygen atoms in total. The number of nitrogens with zero attached hydrogens (tertiary/aromatic N) is 2. The van der Waals surface area contributed by atoms with E-state index in [1.54, 1.807) is 6.26 Å². The molecule has 6 rings (SSSR count). The first-order valence-electron chi connectivity index (χ1n) is 13.4. The normalized spacial score (nSPS) is 12.4. The van der Waals surface area contributed by atoms with Gasteiger partial charge in [0.15, 0.2) is 0 Å². The van der Waals surface area contributed by atoms with E-state index in [2.05, 4.69) is 95.9 Å². The highest BCUT2D eigenvalue weighted by molar-refractivity contribution is 5.99. The van der Waals surface area contributed by atoms with Crippen LogP contribution in [0.5, 0.6) is 0 Å².